The minimum atomic E-state index is 0.186. The van der Waals surface area contributed by atoms with E-state index in [9.17, 15) is 5.11 Å². The Labute approximate surface area is 103 Å². The Kier molecular flexibility index (Phi) is 2.10. The van der Waals surface area contributed by atoms with Gasteiger partial charge in [0.15, 0.2) is 11.6 Å². The predicted molar refractivity (Wildman–Crippen MR) is 69.3 cm³/mol. The number of nitrogens with one attached hydrogen (secondary N) is 1. The lowest BCUT2D eigenvalue weighted by Gasteiger charge is -2.02. The lowest BCUT2D eigenvalue weighted by molar-refractivity contribution is 0.430. The minimum absolute atomic E-state index is 0.186. The molecule has 0 aliphatic rings. The van der Waals surface area contributed by atoms with Gasteiger partial charge < -0.3 is 20.3 Å². The zero-order chi connectivity index (χ0) is 12.9. The lowest BCUT2D eigenvalue weighted by atomic mass is 10.1. The molecule has 5 heteroatoms. The second-order valence-electron chi connectivity index (χ2n) is 4.38. The lowest BCUT2D eigenvalue weighted by Crippen LogP contribution is -1.81. The smallest absolute Gasteiger partial charge is 0.172 e. The van der Waals surface area contributed by atoms with Crippen molar-refractivity contribution in [2.45, 2.75) is 13.8 Å². The van der Waals surface area contributed by atoms with Crippen LogP contribution < -0.4 is 5.73 Å². The molecule has 0 fully saturated rings. The van der Waals surface area contributed by atoms with Gasteiger partial charge in [-0.1, -0.05) is 5.16 Å². The third-order valence-corrected chi connectivity index (χ3v) is 3.23. The molecule has 3 aromatic rings. The molecule has 0 saturated carbocycles. The first-order valence-electron chi connectivity index (χ1n) is 5.61. The molecular weight excluding hydrogens is 230 g/mol. The van der Waals surface area contributed by atoms with Gasteiger partial charge in [0.25, 0.3) is 0 Å². The number of rotatable bonds is 1. The first-order chi connectivity index (χ1) is 8.58. The van der Waals surface area contributed by atoms with Crippen molar-refractivity contribution < 1.29 is 9.63 Å². The van der Waals surface area contributed by atoms with Gasteiger partial charge in [0.2, 0.25) is 0 Å². The fourth-order valence-corrected chi connectivity index (χ4v) is 2.17. The van der Waals surface area contributed by atoms with E-state index in [1.807, 2.05) is 19.9 Å². The number of aromatic nitrogens is 2. The van der Waals surface area contributed by atoms with Crippen LogP contribution in [0.3, 0.4) is 0 Å². The molecule has 0 amide bonds. The highest BCUT2D eigenvalue weighted by Crippen LogP contribution is 2.38. The topological polar surface area (TPSA) is 88.1 Å². The van der Waals surface area contributed by atoms with Crippen molar-refractivity contribution in [2.75, 3.05) is 5.73 Å². The Morgan fingerprint density at radius 3 is 2.78 bits per heavy atom. The van der Waals surface area contributed by atoms with Crippen molar-refractivity contribution in [3.63, 3.8) is 0 Å². The van der Waals surface area contributed by atoms with Gasteiger partial charge in [-0.2, -0.15) is 0 Å². The minimum Gasteiger partial charge on any atom is -0.506 e. The van der Waals surface area contributed by atoms with Crippen LogP contribution in [-0.4, -0.2) is 15.2 Å². The number of fused-ring (bicyclic) bond motifs is 1. The fourth-order valence-electron chi connectivity index (χ4n) is 2.17. The van der Waals surface area contributed by atoms with E-state index in [1.165, 1.54) is 0 Å². The molecule has 18 heavy (non-hydrogen) atoms. The second-order valence-corrected chi connectivity index (χ2v) is 4.38. The van der Waals surface area contributed by atoms with Gasteiger partial charge >= 0.3 is 0 Å². The number of anilines is 1. The number of nitrogens with zero attached hydrogens (tertiary/aromatic N) is 1. The van der Waals surface area contributed by atoms with Crippen LogP contribution in [0.5, 0.6) is 5.75 Å². The van der Waals surface area contributed by atoms with E-state index in [0.717, 1.165) is 22.2 Å². The summed E-state index contributed by atoms with van der Waals surface area (Å²) in [4.78, 5) is 3.22. The van der Waals surface area contributed by atoms with Crippen molar-refractivity contribution in [1.29, 1.82) is 0 Å². The third-order valence-electron chi connectivity index (χ3n) is 3.23. The summed E-state index contributed by atoms with van der Waals surface area (Å²) in [7, 11) is 0. The molecule has 0 aliphatic carbocycles. The van der Waals surface area contributed by atoms with Crippen LogP contribution in [0.25, 0.3) is 22.2 Å². The number of aromatic hydroxyl groups is 1. The monoisotopic (exact) mass is 243 g/mol. The number of hydrogen-bond donors (Lipinski definition) is 3. The van der Waals surface area contributed by atoms with Gasteiger partial charge in [0.05, 0.1) is 5.56 Å². The number of phenols is 1. The molecule has 4 N–H and O–H groups in total. The molecule has 0 radical (unpaired) electrons. The summed E-state index contributed by atoms with van der Waals surface area (Å²) in [6.07, 6.45) is 0. The summed E-state index contributed by atoms with van der Waals surface area (Å²) < 4.78 is 5.08. The normalized spacial score (nSPS) is 11.2. The first kappa shape index (κ1) is 10.7. The zero-order valence-corrected chi connectivity index (χ0v) is 10.1. The van der Waals surface area contributed by atoms with E-state index in [-0.39, 0.29) is 5.75 Å². The quantitative estimate of drug-likeness (QED) is 0.613. The molecular formula is C13H13N3O2. The van der Waals surface area contributed by atoms with E-state index < -0.39 is 0 Å². The second kappa shape index (κ2) is 3.53. The molecule has 0 atom stereocenters. The Balaban J connectivity index is 2.32. The van der Waals surface area contributed by atoms with Crippen molar-refractivity contribution in [3.8, 4) is 17.1 Å². The van der Waals surface area contributed by atoms with Crippen LogP contribution in [0.4, 0.5) is 5.82 Å². The summed E-state index contributed by atoms with van der Waals surface area (Å²) in [5.74, 6) is 0.946. The van der Waals surface area contributed by atoms with Gasteiger partial charge in [0.1, 0.15) is 5.75 Å². The van der Waals surface area contributed by atoms with E-state index in [2.05, 4.69) is 10.1 Å². The van der Waals surface area contributed by atoms with Crippen LogP contribution in [-0.2, 0) is 0 Å². The third kappa shape index (κ3) is 1.37. The van der Waals surface area contributed by atoms with Crippen molar-refractivity contribution in [1.82, 2.24) is 10.1 Å². The van der Waals surface area contributed by atoms with Gasteiger partial charge in [0, 0.05) is 22.7 Å². The molecule has 1 aromatic carbocycles. The molecule has 3 rings (SSSR count). The zero-order valence-electron chi connectivity index (χ0n) is 10.1. The van der Waals surface area contributed by atoms with Crippen LogP contribution in [0, 0.1) is 13.8 Å². The number of aryl methyl sites for hydroxylation is 2. The van der Waals surface area contributed by atoms with Crippen molar-refractivity contribution >= 4 is 16.7 Å². The van der Waals surface area contributed by atoms with E-state index in [0.29, 0.717) is 17.1 Å². The van der Waals surface area contributed by atoms with Crippen LogP contribution >= 0.6 is 0 Å². The maximum Gasteiger partial charge on any atom is 0.172 e. The Hall–Kier alpha value is -2.43. The van der Waals surface area contributed by atoms with E-state index >= 15 is 0 Å². The highest BCUT2D eigenvalue weighted by molar-refractivity contribution is 5.95. The summed E-state index contributed by atoms with van der Waals surface area (Å²) >= 11 is 0. The summed E-state index contributed by atoms with van der Waals surface area (Å²) in [6.45, 7) is 3.94. The standard InChI is InChI=1S/C13H13N3O2/c1-6-7(2)15-9-4-3-8(13(17)12(6)9)10-5-11(14)16-18-10/h3-5,15,17H,1-2H3,(H2,14,16). The number of hydrogen-bond acceptors (Lipinski definition) is 4. The highest BCUT2D eigenvalue weighted by atomic mass is 16.5. The van der Waals surface area contributed by atoms with Crippen LogP contribution in [0.2, 0.25) is 0 Å². The summed E-state index contributed by atoms with van der Waals surface area (Å²) in [5, 5.41) is 14.8. The van der Waals surface area contributed by atoms with Gasteiger partial charge in [-0.25, -0.2) is 0 Å². The summed E-state index contributed by atoms with van der Waals surface area (Å²) in [5.41, 5.74) is 9.07. The number of nitrogen functional groups attached to an aromatic ring is 1. The Bertz CT molecular complexity index is 740. The molecule has 0 unspecified atom stereocenters. The largest absolute Gasteiger partial charge is 0.506 e. The summed E-state index contributed by atoms with van der Waals surface area (Å²) in [6, 6.07) is 5.28. The molecule has 0 bridgehead atoms. The van der Waals surface area contributed by atoms with E-state index in [1.54, 1.807) is 12.1 Å². The highest BCUT2D eigenvalue weighted by Gasteiger charge is 2.16. The molecule has 2 heterocycles. The van der Waals surface area contributed by atoms with Crippen molar-refractivity contribution in [2.24, 2.45) is 0 Å². The van der Waals surface area contributed by atoms with Gasteiger partial charge in [-0.3, -0.25) is 0 Å². The fraction of sp³-hybridized carbons (Fsp3) is 0.154. The number of nitrogens with two attached hydrogens (primary N) is 1. The van der Waals surface area contributed by atoms with Gasteiger partial charge in [-0.05, 0) is 31.5 Å². The average Bonchev–Trinajstić information content (AvgIpc) is 2.86. The Morgan fingerprint density at radius 1 is 1.33 bits per heavy atom. The maximum atomic E-state index is 10.4. The SMILES string of the molecule is Cc1[nH]c2ccc(-c3cc(N)no3)c(O)c2c1C. The predicted octanol–water partition coefficient (Wildman–Crippen LogP) is 2.73. The van der Waals surface area contributed by atoms with Gasteiger partial charge in [-0.15, -0.1) is 0 Å². The molecule has 5 nitrogen and oxygen atoms in total. The van der Waals surface area contributed by atoms with Crippen LogP contribution in [0.1, 0.15) is 11.3 Å². The average molecular weight is 243 g/mol. The maximum absolute atomic E-state index is 10.4. The van der Waals surface area contributed by atoms with E-state index in [4.69, 9.17) is 10.3 Å². The molecule has 92 valence electrons. The molecule has 2 aromatic heterocycles. The number of benzene rings is 1. The number of aromatic amines is 1. The van der Waals surface area contributed by atoms with Crippen LogP contribution in [0.15, 0.2) is 22.7 Å². The van der Waals surface area contributed by atoms with Crippen molar-refractivity contribution in [3.05, 3.63) is 29.5 Å². The number of phenolic OH excluding ortho intramolecular Hbond substituents is 1. The molecule has 0 spiro atoms. The molecule has 0 aliphatic heterocycles. The first-order valence-corrected chi connectivity index (χ1v) is 5.61. The molecule has 0 saturated heterocycles. The number of H-pyrrole nitrogens is 1. The Morgan fingerprint density at radius 2 is 2.11 bits per heavy atom.